The summed E-state index contributed by atoms with van der Waals surface area (Å²) in [6.45, 7) is 8.06. The van der Waals surface area contributed by atoms with E-state index in [0.29, 0.717) is 28.1 Å². The summed E-state index contributed by atoms with van der Waals surface area (Å²) in [5.74, 6) is -0.307. The Hall–Kier alpha value is -3.36. The number of carbonyl (C=O) groups is 1. The molecule has 0 atom stereocenters. The first-order valence-corrected chi connectivity index (χ1v) is 10.9. The van der Waals surface area contributed by atoms with Crippen LogP contribution in [0.3, 0.4) is 0 Å². The summed E-state index contributed by atoms with van der Waals surface area (Å²) in [7, 11) is 0. The van der Waals surface area contributed by atoms with Crippen LogP contribution in [0.5, 0.6) is 0 Å². The molecule has 8 heteroatoms. The van der Waals surface area contributed by atoms with Gasteiger partial charge in [-0.2, -0.15) is 0 Å². The van der Waals surface area contributed by atoms with Gasteiger partial charge >= 0.3 is 0 Å². The molecule has 2 N–H and O–H groups in total. The lowest BCUT2D eigenvalue weighted by Crippen LogP contribution is -2.22. The third-order valence-electron chi connectivity index (χ3n) is 4.94. The Morgan fingerprint density at radius 3 is 2.84 bits per heavy atom. The van der Waals surface area contributed by atoms with Crippen molar-refractivity contribution in [1.29, 1.82) is 0 Å². The number of H-pyrrole nitrogens is 1. The van der Waals surface area contributed by atoms with Crippen LogP contribution in [0.2, 0.25) is 0 Å². The van der Waals surface area contributed by atoms with Crippen molar-refractivity contribution in [3.8, 4) is 11.3 Å². The predicted molar refractivity (Wildman–Crippen MR) is 129 cm³/mol. The van der Waals surface area contributed by atoms with Crippen molar-refractivity contribution in [1.82, 2.24) is 14.5 Å². The van der Waals surface area contributed by atoms with Crippen LogP contribution in [0, 0.1) is 18.6 Å². The summed E-state index contributed by atoms with van der Waals surface area (Å²) in [4.78, 5) is 33.0. The van der Waals surface area contributed by atoms with E-state index in [2.05, 4.69) is 27.9 Å². The molecule has 1 amide bonds. The maximum atomic E-state index is 12.8. The fourth-order valence-corrected chi connectivity index (χ4v) is 4.39. The van der Waals surface area contributed by atoms with Gasteiger partial charge in [-0.3, -0.25) is 19.5 Å². The third-order valence-corrected chi connectivity index (χ3v) is 6.02. The van der Waals surface area contributed by atoms with Crippen LogP contribution in [0.25, 0.3) is 22.2 Å². The van der Waals surface area contributed by atoms with Crippen molar-refractivity contribution in [3.05, 3.63) is 86.2 Å². The van der Waals surface area contributed by atoms with Crippen LogP contribution in [0.1, 0.15) is 21.5 Å². The van der Waals surface area contributed by atoms with Gasteiger partial charge in [-0.15, -0.1) is 17.9 Å². The Morgan fingerprint density at radius 2 is 2.10 bits per heavy atom. The van der Waals surface area contributed by atoms with Crippen molar-refractivity contribution in [3.63, 3.8) is 0 Å². The standard InChI is InChI=1S/C23H20N4O2S2/c1-4-9-27-21(29)17-8-6-15(11-18(17)25-23(27)30)20(28)26-22-24-19(12-31-22)16-7-5-13(2)10-14(16)3/h4-8,10-12H,1,9H2,2-3H3,(H,25,30)(H,24,26,28). The molecule has 31 heavy (non-hydrogen) atoms. The topological polar surface area (TPSA) is 79.8 Å². The SMILES string of the molecule is C=CCn1c(=S)[nH]c2cc(C(=O)Nc3nc(-c4ccc(C)cc4C)cs3)ccc2c1=O. The molecule has 0 aliphatic heterocycles. The number of aryl methyl sites for hydroxylation is 2. The molecule has 0 aliphatic carbocycles. The van der Waals surface area contributed by atoms with Gasteiger partial charge in [-0.1, -0.05) is 29.8 Å². The molecule has 156 valence electrons. The maximum absolute atomic E-state index is 12.8. The molecule has 2 aromatic heterocycles. The van der Waals surface area contributed by atoms with Gasteiger partial charge in [0, 0.05) is 23.1 Å². The number of nitrogens with zero attached hydrogens (tertiary/aromatic N) is 2. The van der Waals surface area contributed by atoms with E-state index in [1.807, 2.05) is 31.4 Å². The Bertz CT molecular complexity index is 1450. The summed E-state index contributed by atoms with van der Waals surface area (Å²) in [5.41, 5.74) is 4.88. The first kappa shape index (κ1) is 20.9. The predicted octanol–water partition coefficient (Wildman–Crippen LogP) is 5.24. The normalized spacial score (nSPS) is 10.9. The fraction of sp³-hybridized carbons (Fsp3) is 0.130. The second-order valence-electron chi connectivity index (χ2n) is 7.21. The minimum absolute atomic E-state index is 0.219. The molecule has 4 rings (SSSR count). The molecular formula is C23H20N4O2S2. The number of carbonyl (C=O) groups excluding carboxylic acids is 1. The number of aromatic nitrogens is 3. The van der Waals surface area contributed by atoms with E-state index >= 15 is 0 Å². The number of benzene rings is 2. The third kappa shape index (κ3) is 4.12. The van der Waals surface area contributed by atoms with Gasteiger partial charge in [0.25, 0.3) is 11.5 Å². The number of thiazole rings is 1. The summed E-state index contributed by atoms with van der Waals surface area (Å²) in [6, 6.07) is 11.1. The molecule has 2 heterocycles. The van der Waals surface area contributed by atoms with Crippen LogP contribution in [0.15, 0.2) is 59.2 Å². The highest BCUT2D eigenvalue weighted by atomic mass is 32.1. The zero-order valence-electron chi connectivity index (χ0n) is 17.1. The summed E-state index contributed by atoms with van der Waals surface area (Å²) in [6.07, 6.45) is 1.61. The largest absolute Gasteiger partial charge is 0.332 e. The number of amides is 1. The molecule has 0 aliphatic rings. The molecule has 0 saturated heterocycles. The number of hydrogen-bond acceptors (Lipinski definition) is 5. The highest BCUT2D eigenvalue weighted by Crippen LogP contribution is 2.28. The van der Waals surface area contributed by atoms with E-state index in [1.165, 1.54) is 21.5 Å². The smallest absolute Gasteiger partial charge is 0.262 e. The van der Waals surface area contributed by atoms with Crippen molar-refractivity contribution in [2.24, 2.45) is 0 Å². The molecule has 6 nitrogen and oxygen atoms in total. The van der Waals surface area contributed by atoms with Crippen LogP contribution in [0.4, 0.5) is 5.13 Å². The van der Waals surface area contributed by atoms with E-state index in [1.54, 1.807) is 24.3 Å². The van der Waals surface area contributed by atoms with Crippen LogP contribution >= 0.6 is 23.6 Å². The molecule has 0 unspecified atom stereocenters. The second-order valence-corrected chi connectivity index (χ2v) is 8.45. The van der Waals surface area contributed by atoms with E-state index in [0.717, 1.165) is 16.8 Å². The lowest BCUT2D eigenvalue weighted by molar-refractivity contribution is 0.102. The molecule has 2 aromatic carbocycles. The lowest BCUT2D eigenvalue weighted by Gasteiger charge is -2.07. The van der Waals surface area contributed by atoms with E-state index < -0.39 is 0 Å². The number of aromatic amines is 1. The molecule has 4 aromatic rings. The summed E-state index contributed by atoms with van der Waals surface area (Å²) in [5, 5.41) is 5.73. The monoisotopic (exact) mass is 448 g/mol. The lowest BCUT2D eigenvalue weighted by atomic mass is 10.0. The minimum atomic E-state index is -0.307. The Morgan fingerprint density at radius 1 is 1.29 bits per heavy atom. The van der Waals surface area contributed by atoms with Gasteiger partial charge in [0.05, 0.1) is 16.6 Å². The number of anilines is 1. The second kappa shape index (κ2) is 8.41. The number of allylic oxidation sites excluding steroid dienone is 1. The minimum Gasteiger partial charge on any atom is -0.332 e. The summed E-state index contributed by atoms with van der Waals surface area (Å²) >= 11 is 6.63. The number of rotatable bonds is 5. The van der Waals surface area contributed by atoms with Crippen molar-refractivity contribution >= 4 is 45.5 Å². The van der Waals surface area contributed by atoms with E-state index in [-0.39, 0.29) is 16.2 Å². The van der Waals surface area contributed by atoms with Crippen LogP contribution < -0.4 is 10.9 Å². The van der Waals surface area contributed by atoms with Gasteiger partial charge < -0.3 is 4.98 Å². The molecule has 0 spiro atoms. The quantitative estimate of drug-likeness (QED) is 0.323. The molecule has 0 saturated carbocycles. The summed E-state index contributed by atoms with van der Waals surface area (Å²) < 4.78 is 1.71. The Kier molecular flexibility index (Phi) is 5.67. The average molecular weight is 449 g/mol. The van der Waals surface area contributed by atoms with Crippen LogP contribution in [-0.2, 0) is 6.54 Å². The Labute approximate surface area is 187 Å². The number of fused-ring (bicyclic) bond motifs is 1. The van der Waals surface area contributed by atoms with Crippen molar-refractivity contribution in [2.45, 2.75) is 20.4 Å². The van der Waals surface area contributed by atoms with Crippen molar-refractivity contribution in [2.75, 3.05) is 5.32 Å². The van der Waals surface area contributed by atoms with E-state index in [9.17, 15) is 9.59 Å². The zero-order chi connectivity index (χ0) is 22.1. The highest BCUT2D eigenvalue weighted by Gasteiger charge is 2.13. The molecular weight excluding hydrogens is 428 g/mol. The van der Waals surface area contributed by atoms with E-state index in [4.69, 9.17) is 12.2 Å². The zero-order valence-corrected chi connectivity index (χ0v) is 18.7. The molecule has 0 radical (unpaired) electrons. The van der Waals surface area contributed by atoms with Gasteiger partial charge in [0.1, 0.15) is 0 Å². The van der Waals surface area contributed by atoms with Gasteiger partial charge in [0.15, 0.2) is 9.90 Å². The number of nitrogens with one attached hydrogen (secondary N) is 2. The maximum Gasteiger partial charge on any atom is 0.262 e. The fourth-order valence-electron chi connectivity index (χ4n) is 3.42. The first-order valence-electron chi connectivity index (χ1n) is 9.59. The number of hydrogen-bond donors (Lipinski definition) is 2. The molecule has 0 fully saturated rings. The molecule has 0 bridgehead atoms. The highest BCUT2D eigenvalue weighted by molar-refractivity contribution is 7.71. The van der Waals surface area contributed by atoms with Gasteiger partial charge in [-0.05, 0) is 49.8 Å². The first-order chi connectivity index (χ1) is 14.9. The van der Waals surface area contributed by atoms with Crippen molar-refractivity contribution < 1.29 is 4.79 Å². The average Bonchev–Trinajstić information content (AvgIpc) is 3.18. The van der Waals surface area contributed by atoms with Gasteiger partial charge in [0.2, 0.25) is 0 Å². The van der Waals surface area contributed by atoms with Gasteiger partial charge in [-0.25, -0.2) is 4.98 Å². The Balaban J connectivity index is 1.61. The van der Waals surface area contributed by atoms with Crippen LogP contribution in [-0.4, -0.2) is 20.4 Å².